The molecule has 2 N–H and O–H groups in total. The second-order valence-electron chi connectivity index (χ2n) is 2.87. The molecule has 5 heteroatoms. The second-order valence-corrected chi connectivity index (χ2v) is 3.98. The molecule has 68 valence electrons. The van der Waals surface area contributed by atoms with Gasteiger partial charge in [0.1, 0.15) is 0 Å². The third kappa shape index (κ3) is 1.86. The smallest absolute Gasteiger partial charge is 0.165 e. The minimum Gasteiger partial charge on any atom is -0.381 e. The van der Waals surface area contributed by atoms with Crippen LogP contribution in [-0.2, 0) is 6.54 Å². The molecule has 2 aromatic heterocycles. The van der Waals surface area contributed by atoms with E-state index in [2.05, 4.69) is 28.6 Å². The first-order chi connectivity index (χ1) is 6.24. The minimum absolute atomic E-state index is 0.465. The van der Waals surface area contributed by atoms with E-state index >= 15 is 0 Å². The minimum atomic E-state index is 0.465. The molecule has 0 spiro atoms. The summed E-state index contributed by atoms with van der Waals surface area (Å²) in [4.78, 5) is 2.90. The Morgan fingerprint density at radius 1 is 1.62 bits per heavy atom. The van der Waals surface area contributed by atoms with Gasteiger partial charge in [-0.15, -0.1) is 16.4 Å². The van der Waals surface area contributed by atoms with Crippen LogP contribution in [0.1, 0.15) is 10.4 Å². The number of nitrogens with two attached hydrogens (primary N) is 1. The van der Waals surface area contributed by atoms with Gasteiger partial charge in [0.2, 0.25) is 0 Å². The molecule has 0 aliphatic carbocycles. The number of aromatic nitrogens is 3. The van der Waals surface area contributed by atoms with E-state index in [-0.39, 0.29) is 0 Å². The van der Waals surface area contributed by atoms with Gasteiger partial charge in [-0.3, -0.25) is 0 Å². The molecule has 0 aromatic carbocycles. The molecule has 0 saturated carbocycles. The molecular formula is C8H10N4S. The highest BCUT2D eigenvalue weighted by Gasteiger charge is 1.99. The molecule has 0 radical (unpaired) electrons. The summed E-state index contributed by atoms with van der Waals surface area (Å²) in [5.74, 6) is 0.465. The summed E-state index contributed by atoms with van der Waals surface area (Å²) in [6.07, 6.45) is 1.55. The zero-order chi connectivity index (χ0) is 9.26. The van der Waals surface area contributed by atoms with Crippen LogP contribution in [0.15, 0.2) is 17.6 Å². The average molecular weight is 194 g/mol. The van der Waals surface area contributed by atoms with E-state index in [0.29, 0.717) is 12.4 Å². The Morgan fingerprint density at radius 2 is 2.46 bits per heavy atom. The molecule has 0 saturated heterocycles. The zero-order valence-corrected chi connectivity index (χ0v) is 8.08. The lowest BCUT2D eigenvalue weighted by Crippen LogP contribution is -2.03. The molecule has 0 amide bonds. The number of anilines is 1. The molecule has 0 atom stereocenters. The standard InChI is InChI=1S/C8H10N4S/c1-6-2-7(5-13-6)4-12-10-3-8(9)11-12/h2-3,5H,4H2,1H3,(H2,9,11). The molecule has 0 aliphatic rings. The summed E-state index contributed by atoms with van der Waals surface area (Å²) in [5, 5.41) is 10.1. The van der Waals surface area contributed by atoms with Crippen LogP contribution in [0.5, 0.6) is 0 Å². The Balaban J connectivity index is 2.14. The van der Waals surface area contributed by atoms with E-state index in [9.17, 15) is 0 Å². The maximum atomic E-state index is 5.45. The third-order valence-electron chi connectivity index (χ3n) is 1.66. The van der Waals surface area contributed by atoms with Gasteiger partial charge in [0.25, 0.3) is 0 Å². The van der Waals surface area contributed by atoms with Crippen LogP contribution in [0.4, 0.5) is 5.82 Å². The topological polar surface area (TPSA) is 56.7 Å². The fourth-order valence-corrected chi connectivity index (χ4v) is 1.83. The summed E-state index contributed by atoms with van der Waals surface area (Å²) >= 11 is 1.73. The summed E-state index contributed by atoms with van der Waals surface area (Å²) in [6, 6.07) is 2.13. The van der Waals surface area contributed by atoms with Crippen molar-refractivity contribution in [2.45, 2.75) is 13.5 Å². The van der Waals surface area contributed by atoms with Crippen LogP contribution in [0, 0.1) is 6.92 Å². The maximum absolute atomic E-state index is 5.45. The number of nitrogen functional groups attached to an aromatic ring is 1. The van der Waals surface area contributed by atoms with Gasteiger partial charge in [-0.1, -0.05) is 0 Å². The Kier molecular flexibility index (Phi) is 2.02. The number of hydrogen-bond donors (Lipinski definition) is 1. The highest BCUT2D eigenvalue weighted by Crippen LogP contribution is 2.13. The lowest BCUT2D eigenvalue weighted by molar-refractivity contribution is 0.594. The molecule has 2 heterocycles. The van der Waals surface area contributed by atoms with Crippen molar-refractivity contribution in [3.05, 3.63) is 28.1 Å². The number of nitrogens with zero attached hydrogens (tertiary/aromatic N) is 3. The normalized spacial score (nSPS) is 10.5. The second kappa shape index (κ2) is 3.18. The molecule has 4 nitrogen and oxygen atoms in total. The van der Waals surface area contributed by atoms with Crippen LogP contribution >= 0.6 is 11.3 Å². The summed E-state index contributed by atoms with van der Waals surface area (Å²) in [5.41, 5.74) is 6.67. The zero-order valence-electron chi connectivity index (χ0n) is 7.27. The molecule has 0 unspecified atom stereocenters. The Bertz CT molecular complexity index is 365. The number of aryl methyl sites for hydroxylation is 1. The fourth-order valence-electron chi connectivity index (χ4n) is 1.13. The van der Waals surface area contributed by atoms with Gasteiger partial charge >= 0.3 is 0 Å². The molecule has 13 heavy (non-hydrogen) atoms. The average Bonchev–Trinajstić information content (AvgIpc) is 2.62. The Labute approximate surface area is 80.0 Å². The van der Waals surface area contributed by atoms with Gasteiger partial charge < -0.3 is 5.73 Å². The van der Waals surface area contributed by atoms with Gasteiger partial charge in [-0.2, -0.15) is 9.90 Å². The van der Waals surface area contributed by atoms with E-state index in [1.165, 1.54) is 10.4 Å². The van der Waals surface area contributed by atoms with Gasteiger partial charge in [-0.05, 0) is 23.9 Å². The van der Waals surface area contributed by atoms with Crippen LogP contribution in [0.3, 0.4) is 0 Å². The number of rotatable bonds is 2. The van der Waals surface area contributed by atoms with Crippen molar-refractivity contribution in [1.82, 2.24) is 15.0 Å². The SMILES string of the molecule is Cc1cc(Cn2ncc(N)n2)cs1. The molecule has 0 fully saturated rings. The van der Waals surface area contributed by atoms with E-state index in [0.717, 1.165) is 0 Å². The number of hydrogen-bond acceptors (Lipinski definition) is 4. The van der Waals surface area contributed by atoms with Crippen molar-refractivity contribution >= 4 is 17.2 Å². The van der Waals surface area contributed by atoms with Crippen LogP contribution in [-0.4, -0.2) is 15.0 Å². The first-order valence-corrected chi connectivity index (χ1v) is 4.81. The van der Waals surface area contributed by atoms with Gasteiger partial charge in [-0.25, -0.2) is 0 Å². The number of thiophene rings is 1. The molecule has 2 aromatic rings. The van der Waals surface area contributed by atoms with Crippen molar-refractivity contribution in [3.8, 4) is 0 Å². The van der Waals surface area contributed by atoms with Gasteiger partial charge in [0.15, 0.2) is 5.82 Å². The first-order valence-electron chi connectivity index (χ1n) is 3.93. The van der Waals surface area contributed by atoms with Gasteiger partial charge in [0.05, 0.1) is 12.7 Å². The predicted molar refractivity (Wildman–Crippen MR) is 52.6 cm³/mol. The molecule has 0 bridgehead atoms. The largest absolute Gasteiger partial charge is 0.381 e. The van der Waals surface area contributed by atoms with E-state index in [1.807, 2.05) is 0 Å². The Hall–Kier alpha value is -1.36. The quantitative estimate of drug-likeness (QED) is 0.783. The lowest BCUT2D eigenvalue weighted by Gasteiger charge is -1.94. The monoisotopic (exact) mass is 194 g/mol. The van der Waals surface area contributed by atoms with Crippen LogP contribution in [0.25, 0.3) is 0 Å². The Morgan fingerprint density at radius 3 is 3.00 bits per heavy atom. The van der Waals surface area contributed by atoms with E-state index < -0.39 is 0 Å². The first kappa shape index (κ1) is 8.25. The lowest BCUT2D eigenvalue weighted by atomic mass is 10.3. The van der Waals surface area contributed by atoms with E-state index in [1.54, 1.807) is 22.3 Å². The summed E-state index contributed by atoms with van der Waals surface area (Å²) < 4.78 is 0. The molecule has 2 rings (SSSR count). The highest BCUT2D eigenvalue weighted by molar-refractivity contribution is 7.10. The van der Waals surface area contributed by atoms with E-state index in [4.69, 9.17) is 5.73 Å². The van der Waals surface area contributed by atoms with Crippen LogP contribution in [0.2, 0.25) is 0 Å². The van der Waals surface area contributed by atoms with Crippen molar-refractivity contribution < 1.29 is 0 Å². The van der Waals surface area contributed by atoms with Gasteiger partial charge in [0, 0.05) is 4.88 Å². The van der Waals surface area contributed by atoms with Crippen molar-refractivity contribution in [1.29, 1.82) is 0 Å². The van der Waals surface area contributed by atoms with Crippen LogP contribution < -0.4 is 5.73 Å². The maximum Gasteiger partial charge on any atom is 0.165 e. The fraction of sp³-hybridized carbons (Fsp3) is 0.250. The predicted octanol–water partition coefficient (Wildman–Crippen LogP) is 1.28. The summed E-state index contributed by atoms with van der Waals surface area (Å²) in [7, 11) is 0. The van der Waals surface area contributed by atoms with Crippen molar-refractivity contribution in [3.63, 3.8) is 0 Å². The van der Waals surface area contributed by atoms with Crippen molar-refractivity contribution in [2.24, 2.45) is 0 Å². The molecule has 0 aliphatic heterocycles. The summed E-state index contributed by atoms with van der Waals surface area (Å²) in [6.45, 7) is 2.78. The molecular weight excluding hydrogens is 184 g/mol. The third-order valence-corrected chi connectivity index (χ3v) is 2.57. The van der Waals surface area contributed by atoms with Crippen molar-refractivity contribution in [2.75, 3.05) is 5.73 Å². The highest BCUT2D eigenvalue weighted by atomic mass is 32.1.